The fraction of sp³-hybridized carbons (Fsp3) is 0.474. The zero-order valence-electron chi connectivity index (χ0n) is 28.1. The lowest BCUT2D eigenvalue weighted by molar-refractivity contribution is -0.149. The number of rotatable bonds is 20. The van der Waals surface area contributed by atoms with Crippen LogP contribution in [-0.4, -0.2) is 80.1 Å². The number of aliphatic hydroxyl groups is 1. The Morgan fingerprint density at radius 1 is 0.939 bits per heavy atom. The molecule has 0 aromatic heterocycles. The van der Waals surface area contributed by atoms with Crippen molar-refractivity contribution in [1.29, 1.82) is 0 Å². The third-order valence-electron chi connectivity index (χ3n) is 9.08. The summed E-state index contributed by atoms with van der Waals surface area (Å²) in [5.41, 5.74) is 3.62. The molecule has 49 heavy (non-hydrogen) atoms. The van der Waals surface area contributed by atoms with Crippen LogP contribution in [0.1, 0.15) is 68.4 Å². The van der Waals surface area contributed by atoms with Gasteiger partial charge in [0, 0.05) is 18.9 Å². The van der Waals surface area contributed by atoms with Crippen molar-refractivity contribution in [2.45, 2.75) is 68.9 Å². The highest BCUT2D eigenvalue weighted by molar-refractivity contribution is 5.86. The van der Waals surface area contributed by atoms with Crippen LogP contribution >= 0.6 is 0 Å². The molecule has 4 rings (SSSR count). The summed E-state index contributed by atoms with van der Waals surface area (Å²) in [5.74, 6) is -2.01. The number of nitrogens with one attached hydrogen (secondary N) is 3. The molecule has 0 saturated heterocycles. The first kappa shape index (κ1) is 37.3. The van der Waals surface area contributed by atoms with Crippen molar-refractivity contribution in [3.05, 3.63) is 85.0 Å². The second-order valence-electron chi connectivity index (χ2n) is 12.6. The number of carbonyl (C=O) groups is 4. The first-order valence-corrected chi connectivity index (χ1v) is 17.1. The topological polar surface area (TPSA) is 152 Å². The van der Waals surface area contributed by atoms with Gasteiger partial charge in [0.25, 0.3) is 0 Å². The second kappa shape index (κ2) is 18.9. The molecule has 2 aliphatic rings. The minimum Gasteiger partial charge on any atom is -0.462 e. The minimum atomic E-state index is -0.971. The Labute approximate surface area is 288 Å². The first-order valence-electron chi connectivity index (χ1n) is 17.1. The van der Waals surface area contributed by atoms with E-state index in [9.17, 15) is 19.2 Å². The molecule has 0 bridgehead atoms. The summed E-state index contributed by atoms with van der Waals surface area (Å²) >= 11 is 0. The van der Waals surface area contributed by atoms with Crippen LogP contribution in [0.25, 0.3) is 11.1 Å². The fourth-order valence-electron chi connectivity index (χ4n) is 6.56. The van der Waals surface area contributed by atoms with Crippen LogP contribution in [0, 0.1) is 5.92 Å². The van der Waals surface area contributed by atoms with E-state index in [4.69, 9.17) is 19.3 Å². The average molecular weight is 676 g/mol. The van der Waals surface area contributed by atoms with E-state index in [0.29, 0.717) is 25.7 Å². The van der Waals surface area contributed by atoms with Gasteiger partial charge in [0.15, 0.2) is 0 Å². The normalized spacial score (nSPS) is 15.6. The van der Waals surface area contributed by atoms with Crippen LogP contribution in [0.15, 0.2) is 73.8 Å². The van der Waals surface area contributed by atoms with Gasteiger partial charge in [-0.2, -0.15) is 0 Å². The average Bonchev–Trinajstić information content (AvgIpc) is 3.70. The molecule has 11 nitrogen and oxygen atoms in total. The number of ether oxygens (including phenoxy) is 3. The van der Waals surface area contributed by atoms with Crippen molar-refractivity contribution in [3.8, 4) is 11.1 Å². The number of hydrogen-bond acceptors (Lipinski definition) is 8. The molecule has 0 heterocycles. The van der Waals surface area contributed by atoms with Gasteiger partial charge in [-0.15, -0.1) is 13.2 Å². The van der Waals surface area contributed by atoms with Gasteiger partial charge in [0.1, 0.15) is 19.3 Å². The maximum atomic E-state index is 13.4. The quantitative estimate of drug-likeness (QED) is 0.0908. The molecule has 2 aliphatic carbocycles. The van der Waals surface area contributed by atoms with E-state index >= 15 is 0 Å². The molecule has 1 saturated carbocycles. The molecule has 0 radical (unpaired) electrons. The van der Waals surface area contributed by atoms with Crippen molar-refractivity contribution >= 4 is 23.9 Å². The lowest BCUT2D eigenvalue weighted by Gasteiger charge is -2.32. The molecule has 2 aromatic rings. The van der Waals surface area contributed by atoms with Crippen molar-refractivity contribution in [3.63, 3.8) is 0 Å². The summed E-state index contributed by atoms with van der Waals surface area (Å²) in [6, 6.07) is 15.1. The lowest BCUT2D eigenvalue weighted by atomic mass is 9.94. The van der Waals surface area contributed by atoms with Gasteiger partial charge in [0.2, 0.25) is 11.8 Å². The van der Waals surface area contributed by atoms with Gasteiger partial charge in [0.05, 0.1) is 31.3 Å². The maximum Gasteiger partial charge on any atom is 0.407 e. The summed E-state index contributed by atoms with van der Waals surface area (Å²) in [5, 5.41) is 17.3. The van der Waals surface area contributed by atoms with Crippen LogP contribution < -0.4 is 16.0 Å². The number of amides is 3. The van der Waals surface area contributed by atoms with Gasteiger partial charge < -0.3 is 35.3 Å². The highest BCUT2D eigenvalue weighted by Gasteiger charge is 2.39. The predicted molar refractivity (Wildman–Crippen MR) is 186 cm³/mol. The minimum absolute atomic E-state index is 0.0403. The number of benzene rings is 2. The number of allylic oxidation sites excluding steroid dienone is 2. The second-order valence-corrected chi connectivity index (χ2v) is 12.6. The Hall–Kier alpha value is -4.48. The van der Waals surface area contributed by atoms with Gasteiger partial charge in [-0.1, -0.05) is 73.5 Å². The summed E-state index contributed by atoms with van der Waals surface area (Å²) < 4.78 is 16.6. The monoisotopic (exact) mass is 675 g/mol. The van der Waals surface area contributed by atoms with E-state index in [2.05, 4.69) is 41.2 Å². The summed E-state index contributed by atoms with van der Waals surface area (Å²) in [7, 11) is 0. The molecular weight excluding hydrogens is 626 g/mol. The van der Waals surface area contributed by atoms with Crippen LogP contribution in [0.5, 0.6) is 0 Å². The Morgan fingerprint density at radius 2 is 1.61 bits per heavy atom. The summed E-state index contributed by atoms with van der Waals surface area (Å²) in [6.07, 6.45) is 6.44. The molecule has 1 fully saturated rings. The largest absolute Gasteiger partial charge is 0.462 e. The number of esters is 1. The van der Waals surface area contributed by atoms with E-state index in [1.54, 1.807) is 12.2 Å². The fourth-order valence-corrected chi connectivity index (χ4v) is 6.56. The zero-order valence-corrected chi connectivity index (χ0v) is 28.1. The predicted octanol–water partition coefficient (Wildman–Crippen LogP) is 4.54. The van der Waals surface area contributed by atoms with E-state index in [0.717, 1.165) is 35.1 Å². The van der Waals surface area contributed by atoms with E-state index in [1.165, 1.54) is 0 Å². The SMILES string of the molecule is C=CCC[C@H](NC(=O)OCC1c2ccccc2-c2ccccc21)C(=O)OCC1(NC(=O)[C@H](CC=C)CC(=O)NCCOCCO)CCCC1. The van der Waals surface area contributed by atoms with Crippen LogP contribution in [0.4, 0.5) is 4.79 Å². The highest BCUT2D eigenvalue weighted by atomic mass is 16.6. The van der Waals surface area contributed by atoms with E-state index in [1.807, 2.05) is 36.4 Å². The maximum absolute atomic E-state index is 13.4. The highest BCUT2D eigenvalue weighted by Crippen LogP contribution is 2.44. The standard InChI is InChI=1S/C38H49N3O8/c1-3-5-17-33(40-37(46)48-25-32-30-15-8-6-13-28(30)29-14-7-9-16-31(29)32)36(45)49-26-38(18-10-11-19-38)41-35(44)27(12-4-2)24-34(43)39-20-22-47-23-21-42/h3-4,6-9,13-16,27,32-33,42H,1-2,5,10-12,17-26H2,(H,39,43)(H,40,46)(H,41,44)/t27-,33+/m1/s1. The molecule has 0 unspecified atom stereocenters. The van der Waals surface area contributed by atoms with Crippen LogP contribution in [0.2, 0.25) is 0 Å². The van der Waals surface area contributed by atoms with Gasteiger partial charge in [-0.05, 0) is 54.4 Å². The van der Waals surface area contributed by atoms with Gasteiger partial charge in [-0.3, -0.25) is 9.59 Å². The number of alkyl carbamates (subject to hydrolysis) is 1. The van der Waals surface area contributed by atoms with Crippen LogP contribution in [-0.2, 0) is 28.6 Å². The van der Waals surface area contributed by atoms with Crippen molar-refractivity contribution in [2.24, 2.45) is 5.92 Å². The molecular formula is C38H49N3O8. The molecule has 2 aromatic carbocycles. The third-order valence-corrected chi connectivity index (χ3v) is 9.08. The molecule has 4 N–H and O–H groups in total. The van der Waals surface area contributed by atoms with Crippen molar-refractivity contribution in [1.82, 2.24) is 16.0 Å². The molecule has 2 atom stereocenters. The number of fused-ring (bicyclic) bond motifs is 3. The summed E-state index contributed by atoms with van der Waals surface area (Å²) in [6.45, 7) is 8.13. The Morgan fingerprint density at radius 3 is 2.24 bits per heavy atom. The molecule has 264 valence electrons. The number of carbonyl (C=O) groups excluding carboxylic acids is 4. The van der Waals surface area contributed by atoms with Gasteiger partial charge >= 0.3 is 12.1 Å². The number of hydrogen-bond donors (Lipinski definition) is 4. The van der Waals surface area contributed by atoms with Gasteiger partial charge in [-0.25, -0.2) is 9.59 Å². The molecule has 0 aliphatic heterocycles. The zero-order chi connectivity index (χ0) is 35.1. The Bertz CT molecular complexity index is 1410. The number of aliphatic hydroxyl groups excluding tert-OH is 1. The third kappa shape index (κ3) is 10.5. The summed E-state index contributed by atoms with van der Waals surface area (Å²) in [4.78, 5) is 52.4. The Kier molecular flexibility index (Phi) is 14.4. The van der Waals surface area contributed by atoms with E-state index < -0.39 is 29.6 Å². The molecule has 0 spiro atoms. The van der Waals surface area contributed by atoms with Crippen LogP contribution in [0.3, 0.4) is 0 Å². The Balaban J connectivity index is 1.32. The smallest absolute Gasteiger partial charge is 0.407 e. The first-order chi connectivity index (χ1) is 23.8. The molecule has 3 amide bonds. The molecule has 11 heteroatoms. The van der Waals surface area contributed by atoms with Crippen molar-refractivity contribution in [2.75, 3.05) is 39.6 Å². The van der Waals surface area contributed by atoms with Crippen molar-refractivity contribution < 1.29 is 38.5 Å². The lowest BCUT2D eigenvalue weighted by Crippen LogP contribution is -2.53. The van der Waals surface area contributed by atoms with E-state index in [-0.39, 0.29) is 70.2 Å².